The van der Waals surface area contributed by atoms with Crippen LogP contribution in [0.5, 0.6) is 6.01 Å². The molecule has 0 saturated carbocycles. The van der Waals surface area contributed by atoms with Gasteiger partial charge >= 0.3 is 6.01 Å². The van der Waals surface area contributed by atoms with Gasteiger partial charge in [-0.2, -0.15) is 0 Å². The SMILES string of the molecule is COc1ncc(CN2CCC(CNC(=O)c3ccon3)CC2)cn1. The highest BCUT2D eigenvalue weighted by Gasteiger charge is 2.20. The molecule has 1 aliphatic heterocycles. The van der Waals surface area contributed by atoms with Crippen LogP contribution in [0, 0.1) is 5.92 Å². The summed E-state index contributed by atoms with van der Waals surface area (Å²) in [6.45, 7) is 3.50. The van der Waals surface area contributed by atoms with Crippen LogP contribution in [0.1, 0.15) is 28.9 Å². The Balaban J connectivity index is 1.39. The smallest absolute Gasteiger partial charge is 0.316 e. The van der Waals surface area contributed by atoms with Gasteiger partial charge in [0.25, 0.3) is 5.91 Å². The van der Waals surface area contributed by atoms with Gasteiger partial charge in [-0.3, -0.25) is 9.69 Å². The van der Waals surface area contributed by atoms with Gasteiger partial charge in [0.15, 0.2) is 5.69 Å². The van der Waals surface area contributed by atoms with Crippen molar-refractivity contribution in [3.05, 3.63) is 36.0 Å². The highest BCUT2D eigenvalue weighted by molar-refractivity contribution is 5.91. The number of carbonyl (C=O) groups excluding carboxylic acids is 1. The lowest BCUT2D eigenvalue weighted by molar-refractivity contribution is 0.0926. The summed E-state index contributed by atoms with van der Waals surface area (Å²) in [5.41, 5.74) is 1.40. The molecule has 0 radical (unpaired) electrons. The minimum Gasteiger partial charge on any atom is -0.467 e. The normalized spacial score (nSPS) is 16.0. The Morgan fingerprint density at radius 2 is 2.12 bits per heavy atom. The van der Waals surface area contributed by atoms with Crippen molar-refractivity contribution in [1.29, 1.82) is 0 Å². The van der Waals surface area contributed by atoms with Crippen LogP contribution in [0.3, 0.4) is 0 Å². The maximum absolute atomic E-state index is 11.8. The molecule has 1 fully saturated rings. The Morgan fingerprint density at radius 3 is 2.75 bits per heavy atom. The largest absolute Gasteiger partial charge is 0.467 e. The molecule has 3 rings (SSSR count). The molecule has 24 heavy (non-hydrogen) atoms. The van der Waals surface area contributed by atoms with E-state index < -0.39 is 0 Å². The standard InChI is InChI=1S/C16H21N5O3/c1-23-16-18-9-13(10-19-16)11-21-5-2-12(3-6-21)8-17-15(22)14-4-7-24-20-14/h4,7,9-10,12H,2-3,5-6,8,11H2,1H3,(H,17,22). The zero-order chi connectivity index (χ0) is 16.8. The van der Waals surface area contributed by atoms with E-state index in [1.807, 2.05) is 0 Å². The van der Waals surface area contributed by atoms with E-state index in [1.54, 1.807) is 25.6 Å². The number of hydrogen-bond acceptors (Lipinski definition) is 7. The number of nitrogens with zero attached hydrogens (tertiary/aromatic N) is 4. The minimum absolute atomic E-state index is 0.179. The predicted molar refractivity (Wildman–Crippen MR) is 85.4 cm³/mol. The molecule has 1 aliphatic rings. The number of likely N-dealkylation sites (tertiary alicyclic amines) is 1. The fraction of sp³-hybridized carbons (Fsp3) is 0.500. The van der Waals surface area contributed by atoms with Crippen molar-refractivity contribution in [2.24, 2.45) is 5.92 Å². The van der Waals surface area contributed by atoms with Gasteiger partial charge in [0.1, 0.15) is 6.26 Å². The number of hydrogen-bond donors (Lipinski definition) is 1. The lowest BCUT2D eigenvalue weighted by atomic mass is 9.96. The third kappa shape index (κ3) is 4.29. The van der Waals surface area contributed by atoms with E-state index in [2.05, 4.69) is 29.9 Å². The Hall–Kier alpha value is -2.48. The van der Waals surface area contributed by atoms with Gasteiger partial charge in [-0.15, -0.1) is 0 Å². The van der Waals surface area contributed by atoms with Crippen LogP contribution in [-0.2, 0) is 6.54 Å². The number of amides is 1. The second kappa shape index (κ2) is 7.87. The molecule has 128 valence electrons. The number of piperidine rings is 1. The fourth-order valence-corrected chi connectivity index (χ4v) is 2.79. The Bertz CT molecular complexity index is 636. The summed E-state index contributed by atoms with van der Waals surface area (Å²) in [6, 6.07) is 1.95. The molecular weight excluding hydrogens is 310 g/mol. The van der Waals surface area contributed by atoms with E-state index in [-0.39, 0.29) is 5.91 Å². The van der Waals surface area contributed by atoms with Crippen molar-refractivity contribution < 1.29 is 14.1 Å². The lowest BCUT2D eigenvalue weighted by Crippen LogP contribution is -2.38. The maximum Gasteiger partial charge on any atom is 0.316 e. The number of nitrogens with one attached hydrogen (secondary N) is 1. The first kappa shape index (κ1) is 16.4. The van der Waals surface area contributed by atoms with E-state index in [4.69, 9.17) is 4.74 Å². The number of ether oxygens (including phenoxy) is 1. The second-order valence-electron chi connectivity index (χ2n) is 5.89. The van der Waals surface area contributed by atoms with Crippen LogP contribution < -0.4 is 10.1 Å². The van der Waals surface area contributed by atoms with Gasteiger partial charge in [0, 0.05) is 37.1 Å². The molecule has 0 aliphatic carbocycles. The van der Waals surface area contributed by atoms with Crippen molar-refractivity contribution in [2.75, 3.05) is 26.7 Å². The van der Waals surface area contributed by atoms with E-state index in [0.717, 1.165) is 38.0 Å². The summed E-state index contributed by atoms with van der Waals surface area (Å²) in [5.74, 6) is 0.311. The van der Waals surface area contributed by atoms with Gasteiger partial charge in [-0.25, -0.2) is 9.97 Å². The van der Waals surface area contributed by atoms with Crippen LogP contribution in [-0.4, -0.2) is 52.7 Å². The lowest BCUT2D eigenvalue weighted by Gasteiger charge is -2.31. The Labute approximate surface area is 140 Å². The first-order chi connectivity index (χ1) is 11.7. The monoisotopic (exact) mass is 331 g/mol. The van der Waals surface area contributed by atoms with E-state index in [0.29, 0.717) is 24.2 Å². The minimum atomic E-state index is -0.179. The summed E-state index contributed by atoms with van der Waals surface area (Å²) in [5, 5.41) is 6.55. The van der Waals surface area contributed by atoms with Gasteiger partial charge in [0.05, 0.1) is 7.11 Å². The van der Waals surface area contributed by atoms with Gasteiger partial charge in [0.2, 0.25) is 0 Å². The van der Waals surface area contributed by atoms with Crippen LogP contribution in [0.2, 0.25) is 0 Å². The van der Waals surface area contributed by atoms with Crippen molar-refractivity contribution in [3.8, 4) is 6.01 Å². The van der Waals surface area contributed by atoms with Crippen LogP contribution in [0.25, 0.3) is 0 Å². The summed E-state index contributed by atoms with van der Waals surface area (Å²) < 4.78 is 9.64. The molecule has 3 heterocycles. The molecule has 0 bridgehead atoms. The first-order valence-corrected chi connectivity index (χ1v) is 8.00. The average molecular weight is 331 g/mol. The molecule has 1 amide bonds. The third-order valence-corrected chi connectivity index (χ3v) is 4.20. The van der Waals surface area contributed by atoms with Crippen molar-refractivity contribution in [1.82, 2.24) is 25.3 Å². The molecule has 1 saturated heterocycles. The molecule has 2 aromatic heterocycles. The topological polar surface area (TPSA) is 93.4 Å². The highest BCUT2D eigenvalue weighted by Crippen LogP contribution is 2.18. The van der Waals surface area contributed by atoms with Gasteiger partial charge in [-0.1, -0.05) is 5.16 Å². The molecule has 1 N–H and O–H groups in total. The van der Waals surface area contributed by atoms with Gasteiger partial charge in [-0.05, 0) is 31.8 Å². The summed E-state index contributed by atoms with van der Waals surface area (Å²) >= 11 is 0. The number of carbonyl (C=O) groups is 1. The Kier molecular flexibility index (Phi) is 5.37. The number of rotatable bonds is 6. The van der Waals surface area contributed by atoms with E-state index in [1.165, 1.54) is 6.26 Å². The first-order valence-electron chi connectivity index (χ1n) is 8.00. The van der Waals surface area contributed by atoms with Crippen LogP contribution in [0.15, 0.2) is 29.2 Å². The summed E-state index contributed by atoms with van der Waals surface area (Å²) in [7, 11) is 1.56. The van der Waals surface area contributed by atoms with E-state index in [9.17, 15) is 4.79 Å². The Morgan fingerprint density at radius 1 is 1.38 bits per heavy atom. The zero-order valence-corrected chi connectivity index (χ0v) is 13.6. The number of methoxy groups -OCH3 is 1. The molecule has 0 aromatic carbocycles. The molecular formula is C16H21N5O3. The van der Waals surface area contributed by atoms with Crippen LogP contribution in [0.4, 0.5) is 0 Å². The second-order valence-corrected chi connectivity index (χ2v) is 5.89. The van der Waals surface area contributed by atoms with E-state index >= 15 is 0 Å². The third-order valence-electron chi connectivity index (χ3n) is 4.20. The fourth-order valence-electron chi connectivity index (χ4n) is 2.79. The maximum atomic E-state index is 11.8. The average Bonchev–Trinajstić information content (AvgIpc) is 3.16. The van der Waals surface area contributed by atoms with Crippen molar-refractivity contribution in [3.63, 3.8) is 0 Å². The molecule has 8 heteroatoms. The number of aromatic nitrogens is 3. The molecule has 2 aromatic rings. The van der Waals surface area contributed by atoms with Gasteiger partial charge < -0.3 is 14.6 Å². The molecule has 0 unspecified atom stereocenters. The zero-order valence-electron chi connectivity index (χ0n) is 13.6. The molecule has 8 nitrogen and oxygen atoms in total. The summed E-state index contributed by atoms with van der Waals surface area (Å²) in [4.78, 5) is 22.5. The molecule has 0 atom stereocenters. The summed E-state index contributed by atoms with van der Waals surface area (Å²) in [6.07, 6.45) is 7.11. The quantitative estimate of drug-likeness (QED) is 0.847. The molecule has 0 spiro atoms. The highest BCUT2D eigenvalue weighted by atomic mass is 16.5. The van der Waals surface area contributed by atoms with Crippen molar-refractivity contribution >= 4 is 5.91 Å². The van der Waals surface area contributed by atoms with Crippen molar-refractivity contribution in [2.45, 2.75) is 19.4 Å². The van der Waals surface area contributed by atoms with Crippen LogP contribution >= 0.6 is 0 Å². The predicted octanol–water partition coefficient (Wildman–Crippen LogP) is 1.12.